The van der Waals surface area contributed by atoms with Crippen LogP contribution in [0.1, 0.15) is 49.5 Å². The smallest absolute Gasteiger partial charge is 0.254 e. The zero-order valence-electron chi connectivity index (χ0n) is 15.6. The molecule has 3 rings (SSSR count). The number of nitrogens with one attached hydrogen (secondary N) is 1. The van der Waals surface area contributed by atoms with Crippen LogP contribution in [0.25, 0.3) is 0 Å². The summed E-state index contributed by atoms with van der Waals surface area (Å²) < 4.78 is 21.0. The fourth-order valence-corrected chi connectivity index (χ4v) is 3.31. The SMILES string of the molecule is CC(C)(C)n1cc(C(=O)NCC2(c3cccc(F)c3)CCOCC2)cn1. The highest BCUT2D eigenvalue weighted by Gasteiger charge is 2.35. The van der Waals surface area contributed by atoms with Crippen LogP contribution in [0.5, 0.6) is 0 Å². The summed E-state index contributed by atoms with van der Waals surface area (Å²) in [6.07, 6.45) is 4.84. The highest BCUT2D eigenvalue weighted by atomic mass is 19.1. The van der Waals surface area contributed by atoms with Crippen LogP contribution in [0.2, 0.25) is 0 Å². The van der Waals surface area contributed by atoms with Crippen LogP contribution in [0.4, 0.5) is 4.39 Å². The van der Waals surface area contributed by atoms with Gasteiger partial charge in [-0.25, -0.2) is 4.39 Å². The van der Waals surface area contributed by atoms with Crippen LogP contribution in [0, 0.1) is 5.82 Å². The van der Waals surface area contributed by atoms with E-state index in [1.54, 1.807) is 29.2 Å². The lowest BCUT2D eigenvalue weighted by Crippen LogP contribution is -2.44. The van der Waals surface area contributed by atoms with E-state index in [4.69, 9.17) is 4.74 Å². The number of halogens is 1. The number of amides is 1. The van der Waals surface area contributed by atoms with Crippen molar-refractivity contribution in [1.29, 1.82) is 0 Å². The van der Waals surface area contributed by atoms with Crippen molar-refractivity contribution < 1.29 is 13.9 Å². The lowest BCUT2D eigenvalue weighted by atomic mass is 9.74. The fraction of sp³-hybridized carbons (Fsp3) is 0.500. The van der Waals surface area contributed by atoms with Crippen LogP contribution < -0.4 is 5.32 Å². The van der Waals surface area contributed by atoms with E-state index in [0.717, 1.165) is 18.4 Å². The monoisotopic (exact) mass is 359 g/mol. The molecule has 1 fully saturated rings. The van der Waals surface area contributed by atoms with Crippen molar-refractivity contribution in [3.8, 4) is 0 Å². The Hall–Kier alpha value is -2.21. The van der Waals surface area contributed by atoms with E-state index in [0.29, 0.717) is 25.3 Å². The van der Waals surface area contributed by atoms with Crippen molar-refractivity contribution >= 4 is 5.91 Å². The molecule has 1 aromatic heterocycles. The van der Waals surface area contributed by atoms with Gasteiger partial charge in [-0.05, 0) is 51.3 Å². The Bertz CT molecular complexity index is 773. The minimum Gasteiger partial charge on any atom is -0.381 e. The van der Waals surface area contributed by atoms with Gasteiger partial charge in [-0.15, -0.1) is 0 Å². The van der Waals surface area contributed by atoms with Gasteiger partial charge >= 0.3 is 0 Å². The number of rotatable bonds is 4. The number of carbonyl (C=O) groups excluding carboxylic acids is 1. The second kappa shape index (κ2) is 7.19. The molecule has 0 saturated carbocycles. The molecule has 0 spiro atoms. The van der Waals surface area contributed by atoms with E-state index < -0.39 is 0 Å². The molecule has 0 radical (unpaired) electrons. The molecule has 0 bridgehead atoms. The van der Waals surface area contributed by atoms with Crippen molar-refractivity contribution in [3.05, 3.63) is 53.6 Å². The Labute approximate surface area is 153 Å². The van der Waals surface area contributed by atoms with Crippen molar-refractivity contribution in [1.82, 2.24) is 15.1 Å². The Balaban J connectivity index is 1.76. The number of ether oxygens (including phenoxy) is 1. The second-order valence-electron chi connectivity index (χ2n) is 7.93. The summed E-state index contributed by atoms with van der Waals surface area (Å²) in [6.45, 7) is 7.75. The van der Waals surface area contributed by atoms with E-state index in [9.17, 15) is 9.18 Å². The summed E-state index contributed by atoms with van der Waals surface area (Å²) in [7, 11) is 0. The molecular formula is C20H26FN3O2. The third kappa shape index (κ3) is 3.96. The molecule has 1 N–H and O–H groups in total. The predicted octanol–water partition coefficient (Wildman–Crippen LogP) is 3.26. The van der Waals surface area contributed by atoms with Gasteiger partial charge in [0.2, 0.25) is 0 Å². The molecule has 140 valence electrons. The average Bonchev–Trinajstić information content (AvgIpc) is 3.11. The fourth-order valence-electron chi connectivity index (χ4n) is 3.31. The second-order valence-corrected chi connectivity index (χ2v) is 7.93. The third-order valence-corrected chi connectivity index (χ3v) is 5.01. The van der Waals surface area contributed by atoms with Crippen LogP contribution in [-0.4, -0.2) is 35.4 Å². The zero-order chi connectivity index (χ0) is 18.8. The minimum absolute atomic E-state index is 0.164. The van der Waals surface area contributed by atoms with Crippen LogP contribution in [0.15, 0.2) is 36.7 Å². The lowest BCUT2D eigenvalue weighted by molar-refractivity contribution is 0.0486. The van der Waals surface area contributed by atoms with E-state index >= 15 is 0 Å². The van der Waals surface area contributed by atoms with Crippen LogP contribution in [0.3, 0.4) is 0 Å². The van der Waals surface area contributed by atoms with Crippen molar-refractivity contribution in [2.24, 2.45) is 0 Å². The largest absolute Gasteiger partial charge is 0.381 e. The van der Waals surface area contributed by atoms with E-state index in [1.807, 2.05) is 26.8 Å². The molecule has 1 aromatic carbocycles. The van der Waals surface area contributed by atoms with Gasteiger partial charge in [-0.2, -0.15) is 5.10 Å². The summed E-state index contributed by atoms with van der Waals surface area (Å²) in [5.74, 6) is -0.422. The Morgan fingerprint density at radius 2 is 2.08 bits per heavy atom. The first kappa shape index (κ1) is 18.6. The maximum atomic E-state index is 13.7. The summed E-state index contributed by atoms with van der Waals surface area (Å²) >= 11 is 0. The summed E-state index contributed by atoms with van der Waals surface area (Å²) in [5.41, 5.74) is 0.950. The first-order valence-corrected chi connectivity index (χ1v) is 8.97. The highest BCUT2D eigenvalue weighted by molar-refractivity contribution is 5.93. The highest BCUT2D eigenvalue weighted by Crippen LogP contribution is 2.34. The van der Waals surface area contributed by atoms with Gasteiger partial charge in [-0.3, -0.25) is 9.48 Å². The van der Waals surface area contributed by atoms with Gasteiger partial charge in [-0.1, -0.05) is 12.1 Å². The van der Waals surface area contributed by atoms with Gasteiger partial charge in [0.05, 0.1) is 17.3 Å². The molecule has 1 saturated heterocycles. The number of benzene rings is 1. The standard InChI is InChI=1S/C20H26FN3O2/c1-19(2,3)24-13-15(12-23-24)18(25)22-14-20(7-9-26-10-8-20)16-5-4-6-17(21)11-16/h4-6,11-13H,7-10,14H2,1-3H3,(H,22,25). The topological polar surface area (TPSA) is 56.2 Å². The molecule has 0 atom stereocenters. The van der Waals surface area contributed by atoms with E-state index in [2.05, 4.69) is 10.4 Å². The molecule has 0 unspecified atom stereocenters. The van der Waals surface area contributed by atoms with Gasteiger partial charge in [0.1, 0.15) is 5.82 Å². The summed E-state index contributed by atoms with van der Waals surface area (Å²) in [6, 6.07) is 6.65. The number of carbonyl (C=O) groups is 1. The molecular weight excluding hydrogens is 333 g/mol. The molecule has 1 aliphatic rings. The van der Waals surface area contributed by atoms with Gasteiger partial charge < -0.3 is 10.1 Å². The van der Waals surface area contributed by atoms with Gasteiger partial charge in [0, 0.05) is 31.4 Å². The van der Waals surface area contributed by atoms with Crippen LogP contribution >= 0.6 is 0 Å². The van der Waals surface area contributed by atoms with Crippen molar-refractivity contribution in [2.75, 3.05) is 19.8 Å². The molecule has 2 aromatic rings. The maximum Gasteiger partial charge on any atom is 0.254 e. The molecule has 5 nitrogen and oxygen atoms in total. The van der Waals surface area contributed by atoms with Crippen molar-refractivity contribution in [3.63, 3.8) is 0 Å². The average molecular weight is 359 g/mol. The molecule has 1 amide bonds. The summed E-state index contributed by atoms with van der Waals surface area (Å²) in [4.78, 5) is 12.6. The van der Waals surface area contributed by atoms with E-state index in [1.165, 1.54) is 6.07 Å². The van der Waals surface area contributed by atoms with Crippen LogP contribution in [-0.2, 0) is 15.7 Å². The first-order chi connectivity index (χ1) is 12.3. The van der Waals surface area contributed by atoms with E-state index in [-0.39, 0.29) is 22.7 Å². The Morgan fingerprint density at radius 3 is 2.69 bits per heavy atom. The Morgan fingerprint density at radius 1 is 1.35 bits per heavy atom. The molecule has 0 aliphatic carbocycles. The zero-order valence-corrected chi connectivity index (χ0v) is 15.6. The number of hydrogen-bond donors (Lipinski definition) is 1. The molecule has 26 heavy (non-hydrogen) atoms. The predicted molar refractivity (Wildman–Crippen MR) is 97.7 cm³/mol. The molecule has 2 heterocycles. The normalized spacial score (nSPS) is 17.1. The quantitative estimate of drug-likeness (QED) is 0.912. The molecule has 1 aliphatic heterocycles. The number of nitrogens with zero attached hydrogens (tertiary/aromatic N) is 2. The van der Waals surface area contributed by atoms with Gasteiger partial charge in [0.25, 0.3) is 5.91 Å². The van der Waals surface area contributed by atoms with Crippen molar-refractivity contribution in [2.45, 2.75) is 44.6 Å². The molecule has 6 heteroatoms. The van der Waals surface area contributed by atoms with Gasteiger partial charge in [0.15, 0.2) is 0 Å². The maximum absolute atomic E-state index is 13.7. The first-order valence-electron chi connectivity index (χ1n) is 8.97. The Kier molecular flexibility index (Phi) is 5.14. The lowest BCUT2D eigenvalue weighted by Gasteiger charge is -2.38. The minimum atomic E-state index is -0.309. The number of aromatic nitrogens is 2. The third-order valence-electron chi connectivity index (χ3n) is 5.01. The number of hydrogen-bond acceptors (Lipinski definition) is 3. The summed E-state index contributed by atoms with van der Waals surface area (Å²) in [5, 5.41) is 7.30.